The van der Waals surface area contributed by atoms with Crippen LogP contribution in [0, 0.1) is 0 Å². The van der Waals surface area contributed by atoms with Crippen molar-refractivity contribution in [3.63, 3.8) is 0 Å². The Hall–Kier alpha value is -0.560. The highest BCUT2D eigenvalue weighted by Gasteiger charge is 2.23. The van der Waals surface area contributed by atoms with Crippen LogP contribution in [0.15, 0.2) is 0 Å². The number of aromatic nitrogens is 1. The molecule has 1 heterocycles. The summed E-state index contributed by atoms with van der Waals surface area (Å²) >= 11 is 6.21. The molecule has 0 aromatic carbocycles. The monoisotopic (exact) mass is 207 g/mol. The minimum Gasteiger partial charge on any atom is -0.241 e. The average molecular weight is 208 g/mol. The highest BCUT2D eigenvalue weighted by molar-refractivity contribution is 6.30. The van der Waals surface area contributed by atoms with Crippen molar-refractivity contribution in [3.05, 3.63) is 27.5 Å². The van der Waals surface area contributed by atoms with E-state index in [2.05, 4.69) is 4.98 Å². The lowest BCUT2D eigenvalue weighted by molar-refractivity contribution is 0.675. The third-order valence-corrected chi connectivity index (χ3v) is 3.82. The Morgan fingerprint density at radius 2 is 1.50 bits per heavy atom. The van der Waals surface area contributed by atoms with Crippen LogP contribution in [-0.4, -0.2) is 4.98 Å². The third-order valence-electron chi connectivity index (χ3n) is 3.50. The molecule has 0 aliphatic heterocycles. The van der Waals surface area contributed by atoms with Crippen molar-refractivity contribution in [1.29, 1.82) is 0 Å². The summed E-state index contributed by atoms with van der Waals surface area (Å²) in [5, 5.41) is 0.792. The third kappa shape index (κ3) is 1.18. The van der Waals surface area contributed by atoms with Crippen LogP contribution in [0.3, 0.4) is 0 Å². The van der Waals surface area contributed by atoms with Gasteiger partial charge in [-0.2, -0.15) is 0 Å². The van der Waals surface area contributed by atoms with Crippen LogP contribution in [0.5, 0.6) is 0 Å². The van der Waals surface area contributed by atoms with Crippen LogP contribution >= 0.6 is 11.6 Å². The van der Waals surface area contributed by atoms with E-state index in [0.29, 0.717) is 0 Å². The summed E-state index contributed by atoms with van der Waals surface area (Å²) in [7, 11) is 0. The summed E-state index contributed by atoms with van der Waals surface area (Å²) in [6.07, 6.45) is 8.65. The lowest BCUT2D eigenvalue weighted by Crippen LogP contribution is -2.09. The molecule has 0 saturated heterocycles. The molecule has 0 atom stereocenters. The summed E-state index contributed by atoms with van der Waals surface area (Å²) in [5.74, 6) is 0. The van der Waals surface area contributed by atoms with Crippen LogP contribution in [0.25, 0.3) is 0 Å². The smallest absolute Gasteiger partial charge is 0.132 e. The second-order valence-corrected chi connectivity index (χ2v) is 4.70. The molecule has 1 nitrogen and oxygen atoms in total. The molecule has 74 valence electrons. The molecule has 2 aliphatic carbocycles. The lowest BCUT2D eigenvalue weighted by atomic mass is 9.89. The molecule has 0 amide bonds. The predicted molar refractivity (Wildman–Crippen MR) is 57.9 cm³/mol. The molecular weight excluding hydrogens is 194 g/mol. The minimum absolute atomic E-state index is 0.792. The van der Waals surface area contributed by atoms with E-state index >= 15 is 0 Å². The SMILES string of the molecule is Clc1nc2c(c3c1CCCC3)CCC2. The summed E-state index contributed by atoms with van der Waals surface area (Å²) < 4.78 is 0. The van der Waals surface area contributed by atoms with Crippen LogP contribution in [0.4, 0.5) is 0 Å². The number of fused-ring (bicyclic) bond motifs is 3. The normalized spacial score (nSPS) is 19.2. The molecule has 2 aliphatic rings. The van der Waals surface area contributed by atoms with E-state index in [1.54, 1.807) is 11.1 Å². The van der Waals surface area contributed by atoms with Gasteiger partial charge in [0.05, 0.1) is 0 Å². The summed E-state index contributed by atoms with van der Waals surface area (Å²) in [6.45, 7) is 0. The summed E-state index contributed by atoms with van der Waals surface area (Å²) in [4.78, 5) is 4.53. The maximum Gasteiger partial charge on any atom is 0.132 e. The van der Waals surface area contributed by atoms with Crippen molar-refractivity contribution in [2.24, 2.45) is 0 Å². The van der Waals surface area contributed by atoms with Crippen molar-refractivity contribution in [2.75, 3.05) is 0 Å². The molecule has 1 aromatic heterocycles. The second kappa shape index (κ2) is 3.23. The number of hydrogen-bond donors (Lipinski definition) is 0. The Balaban J connectivity index is 2.22. The van der Waals surface area contributed by atoms with Gasteiger partial charge in [-0.1, -0.05) is 11.6 Å². The standard InChI is InChI=1S/C12H14ClN/c13-12-10-5-2-1-4-8(10)9-6-3-7-11(9)14-12/h1-7H2. The molecule has 0 N–H and O–H groups in total. The van der Waals surface area contributed by atoms with Gasteiger partial charge in [-0.25, -0.2) is 4.98 Å². The molecule has 3 rings (SSSR count). The molecule has 2 heteroatoms. The van der Waals surface area contributed by atoms with E-state index in [4.69, 9.17) is 11.6 Å². The van der Waals surface area contributed by atoms with E-state index in [-0.39, 0.29) is 0 Å². The molecule has 1 aromatic rings. The van der Waals surface area contributed by atoms with Gasteiger partial charge in [0.25, 0.3) is 0 Å². The molecule has 0 bridgehead atoms. The lowest BCUT2D eigenvalue weighted by Gasteiger charge is -2.19. The summed E-state index contributed by atoms with van der Waals surface area (Å²) in [5.41, 5.74) is 5.75. The number of hydrogen-bond acceptors (Lipinski definition) is 1. The molecule has 0 saturated carbocycles. The molecular formula is C12H14ClN. The van der Waals surface area contributed by atoms with Gasteiger partial charge in [0, 0.05) is 5.69 Å². The Kier molecular flexibility index (Phi) is 2.01. The first-order valence-electron chi connectivity index (χ1n) is 5.55. The molecule has 0 radical (unpaired) electrons. The zero-order valence-corrected chi connectivity index (χ0v) is 9.03. The van der Waals surface area contributed by atoms with Gasteiger partial charge in [0.15, 0.2) is 0 Å². The van der Waals surface area contributed by atoms with E-state index in [1.807, 2.05) is 0 Å². The second-order valence-electron chi connectivity index (χ2n) is 4.35. The van der Waals surface area contributed by atoms with Gasteiger partial charge in [-0.3, -0.25) is 0 Å². The number of pyridine rings is 1. The topological polar surface area (TPSA) is 12.9 Å². The Morgan fingerprint density at radius 3 is 2.36 bits per heavy atom. The molecule has 0 spiro atoms. The zero-order valence-electron chi connectivity index (χ0n) is 8.27. The van der Waals surface area contributed by atoms with E-state index in [1.165, 1.54) is 43.4 Å². The van der Waals surface area contributed by atoms with E-state index < -0.39 is 0 Å². The predicted octanol–water partition coefficient (Wildman–Crippen LogP) is 3.10. The van der Waals surface area contributed by atoms with Crippen molar-refractivity contribution in [1.82, 2.24) is 4.98 Å². The molecule has 0 fully saturated rings. The maximum absolute atomic E-state index is 6.21. The van der Waals surface area contributed by atoms with Crippen LogP contribution < -0.4 is 0 Å². The maximum atomic E-state index is 6.21. The van der Waals surface area contributed by atoms with Gasteiger partial charge in [0.1, 0.15) is 5.15 Å². The fourth-order valence-corrected chi connectivity index (χ4v) is 3.14. The fourth-order valence-electron chi connectivity index (χ4n) is 2.83. The van der Waals surface area contributed by atoms with Crippen molar-refractivity contribution >= 4 is 11.6 Å². The van der Waals surface area contributed by atoms with Crippen molar-refractivity contribution in [3.8, 4) is 0 Å². The minimum atomic E-state index is 0.792. The Labute approximate surface area is 89.5 Å². The first kappa shape index (κ1) is 8.72. The highest BCUT2D eigenvalue weighted by Crippen LogP contribution is 2.34. The van der Waals surface area contributed by atoms with Crippen LogP contribution in [-0.2, 0) is 25.7 Å². The largest absolute Gasteiger partial charge is 0.241 e. The van der Waals surface area contributed by atoms with Gasteiger partial charge in [-0.15, -0.1) is 0 Å². The van der Waals surface area contributed by atoms with Crippen LogP contribution in [0.2, 0.25) is 5.15 Å². The number of nitrogens with zero attached hydrogens (tertiary/aromatic N) is 1. The van der Waals surface area contributed by atoms with Crippen molar-refractivity contribution in [2.45, 2.75) is 44.9 Å². The molecule has 0 unspecified atom stereocenters. The zero-order chi connectivity index (χ0) is 9.54. The van der Waals surface area contributed by atoms with Crippen LogP contribution in [0.1, 0.15) is 41.6 Å². The number of halogens is 1. The first-order valence-corrected chi connectivity index (χ1v) is 5.93. The van der Waals surface area contributed by atoms with Gasteiger partial charge >= 0.3 is 0 Å². The van der Waals surface area contributed by atoms with Gasteiger partial charge < -0.3 is 0 Å². The Morgan fingerprint density at radius 1 is 0.786 bits per heavy atom. The van der Waals surface area contributed by atoms with Gasteiger partial charge in [0.2, 0.25) is 0 Å². The highest BCUT2D eigenvalue weighted by atomic mass is 35.5. The fraction of sp³-hybridized carbons (Fsp3) is 0.583. The molecule has 14 heavy (non-hydrogen) atoms. The first-order chi connectivity index (χ1) is 6.86. The van der Waals surface area contributed by atoms with E-state index in [9.17, 15) is 0 Å². The van der Waals surface area contributed by atoms with Gasteiger partial charge in [-0.05, 0) is 61.6 Å². The average Bonchev–Trinajstić information content (AvgIpc) is 2.66. The number of aryl methyl sites for hydroxylation is 1. The Bertz CT molecular complexity index is 381. The number of rotatable bonds is 0. The van der Waals surface area contributed by atoms with Crippen molar-refractivity contribution < 1.29 is 0 Å². The quantitative estimate of drug-likeness (QED) is 0.596. The van der Waals surface area contributed by atoms with E-state index in [0.717, 1.165) is 18.0 Å². The summed E-state index contributed by atoms with van der Waals surface area (Å²) in [6, 6.07) is 0.